The summed E-state index contributed by atoms with van der Waals surface area (Å²) >= 11 is 1.26. The predicted molar refractivity (Wildman–Crippen MR) is 96.3 cm³/mol. The van der Waals surface area contributed by atoms with Gasteiger partial charge in [0.25, 0.3) is 10.0 Å². The van der Waals surface area contributed by atoms with E-state index in [1.54, 1.807) is 26.8 Å². The molecule has 0 aliphatic carbocycles. The van der Waals surface area contributed by atoms with Crippen molar-refractivity contribution in [3.8, 4) is 11.3 Å². The highest BCUT2D eigenvalue weighted by atomic mass is 32.2. The number of rotatable bonds is 4. The summed E-state index contributed by atoms with van der Waals surface area (Å²) in [6, 6.07) is 5.65. The van der Waals surface area contributed by atoms with Gasteiger partial charge in [0.05, 0.1) is 16.8 Å². The molecule has 27 heavy (non-hydrogen) atoms. The van der Waals surface area contributed by atoms with Crippen molar-refractivity contribution in [3.05, 3.63) is 51.3 Å². The van der Waals surface area contributed by atoms with E-state index in [4.69, 9.17) is 4.52 Å². The fourth-order valence-electron chi connectivity index (χ4n) is 2.72. The van der Waals surface area contributed by atoms with Gasteiger partial charge in [-0.25, -0.2) is 8.42 Å². The van der Waals surface area contributed by atoms with Gasteiger partial charge in [-0.05, 0) is 39.0 Å². The van der Waals surface area contributed by atoms with E-state index in [9.17, 15) is 21.6 Å². The van der Waals surface area contributed by atoms with E-state index in [1.165, 1.54) is 17.4 Å². The number of benzene rings is 1. The molecule has 5 nitrogen and oxygen atoms in total. The number of alkyl halides is 3. The first-order chi connectivity index (χ1) is 12.5. The van der Waals surface area contributed by atoms with Gasteiger partial charge in [-0.15, -0.1) is 11.3 Å². The van der Waals surface area contributed by atoms with Gasteiger partial charge in [0.2, 0.25) is 0 Å². The highest BCUT2D eigenvalue weighted by molar-refractivity contribution is 7.93. The van der Waals surface area contributed by atoms with Crippen LogP contribution in [0.4, 0.5) is 18.9 Å². The molecule has 0 fully saturated rings. The second kappa shape index (κ2) is 6.68. The standard InChI is InChI=1S/C17H15F3N2O3S2/c1-9-7-14(25-21-9)15-10(2)26-11(3)16(15)27(23,24)22-13-6-4-5-12(8-13)17(18,19)20/h4-8,22H,1-3H3. The van der Waals surface area contributed by atoms with Gasteiger partial charge in [0, 0.05) is 21.5 Å². The van der Waals surface area contributed by atoms with Gasteiger partial charge in [0.1, 0.15) is 4.90 Å². The molecule has 0 saturated heterocycles. The van der Waals surface area contributed by atoms with Crippen molar-refractivity contribution in [3.63, 3.8) is 0 Å². The van der Waals surface area contributed by atoms with Crippen molar-refractivity contribution in [2.45, 2.75) is 31.8 Å². The highest BCUT2D eigenvalue weighted by Gasteiger charge is 2.32. The number of anilines is 1. The molecule has 0 aliphatic rings. The number of nitrogens with zero attached hydrogens (tertiary/aromatic N) is 1. The summed E-state index contributed by atoms with van der Waals surface area (Å²) in [5.41, 5.74) is -0.167. The van der Waals surface area contributed by atoms with Crippen molar-refractivity contribution < 1.29 is 26.1 Å². The number of hydrogen-bond donors (Lipinski definition) is 1. The highest BCUT2D eigenvalue weighted by Crippen LogP contribution is 2.40. The lowest BCUT2D eigenvalue weighted by Gasteiger charge is -2.12. The van der Waals surface area contributed by atoms with E-state index < -0.39 is 21.8 Å². The molecule has 0 atom stereocenters. The molecule has 1 N–H and O–H groups in total. The number of halogens is 3. The Labute approximate surface area is 157 Å². The number of thiophene rings is 1. The first-order valence-corrected chi connectivity index (χ1v) is 10.0. The van der Waals surface area contributed by atoms with Crippen LogP contribution in [0.1, 0.15) is 21.0 Å². The molecule has 0 saturated carbocycles. The first-order valence-electron chi connectivity index (χ1n) is 7.73. The molecular formula is C17H15F3N2O3S2. The van der Waals surface area contributed by atoms with Crippen LogP contribution in [0.2, 0.25) is 0 Å². The minimum atomic E-state index is -4.57. The van der Waals surface area contributed by atoms with Crippen molar-refractivity contribution in [2.24, 2.45) is 0 Å². The third-order valence-corrected chi connectivity index (χ3v) is 6.49. The number of hydrogen-bond acceptors (Lipinski definition) is 5. The Bertz CT molecular complexity index is 1100. The quantitative estimate of drug-likeness (QED) is 0.639. The molecule has 2 aromatic heterocycles. The van der Waals surface area contributed by atoms with Gasteiger partial charge < -0.3 is 4.52 Å². The number of sulfonamides is 1. The Hall–Kier alpha value is -2.33. The number of nitrogens with one attached hydrogen (secondary N) is 1. The maximum absolute atomic E-state index is 12.9. The summed E-state index contributed by atoms with van der Waals surface area (Å²) in [4.78, 5) is 1.17. The van der Waals surface area contributed by atoms with Crippen molar-refractivity contribution >= 4 is 27.0 Å². The van der Waals surface area contributed by atoms with Crippen LogP contribution in [0.5, 0.6) is 0 Å². The van der Waals surface area contributed by atoms with Crippen LogP contribution >= 0.6 is 11.3 Å². The van der Waals surface area contributed by atoms with Crippen LogP contribution in [0, 0.1) is 20.8 Å². The SMILES string of the molecule is Cc1cc(-c2c(C)sc(C)c2S(=O)(=O)Nc2cccc(C(F)(F)F)c2)on1. The Morgan fingerprint density at radius 2 is 1.81 bits per heavy atom. The van der Waals surface area contributed by atoms with Crippen molar-refractivity contribution in [1.82, 2.24) is 5.16 Å². The van der Waals surface area contributed by atoms with Crippen LogP contribution < -0.4 is 4.72 Å². The van der Waals surface area contributed by atoms with Crippen molar-refractivity contribution in [1.29, 1.82) is 0 Å². The molecule has 0 radical (unpaired) electrons. The Kier molecular flexibility index (Phi) is 4.81. The average molecular weight is 416 g/mol. The van der Waals surface area contributed by atoms with E-state index >= 15 is 0 Å². The number of aryl methyl sites for hydroxylation is 3. The van der Waals surface area contributed by atoms with E-state index in [1.807, 2.05) is 0 Å². The number of aromatic nitrogens is 1. The third kappa shape index (κ3) is 3.86. The minimum absolute atomic E-state index is 0.0291. The normalized spacial score (nSPS) is 12.4. The summed E-state index contributed by atoms with van der Waals surface area (Å²) in [6.07, 6.45) is -4.57. The summed E-state index contributed by atoms with van der Waals surface area (Å²) < 4.78 is 72.0. The van der Waals surface area contributed by atoms with Gasteiger partial charge in [-0.2, -0.15) is 13.2 Å². The molecule has 0 amide bonds. The summed E-state index contributed by atoms with van der Waals surface area (Å²) in [5.74, 6) is 0.291. The molecule has 10 heteroatoms. The second-order valence-electron chi connectivity index (χ2n) is 5.94. The molecule has 3 rings (SSSR count). The molecule has 0 bridgehead atoms. The predicted octanol–water partition coefficient (Wildman–Crippen LogP) is 5.15. The molecule has 0 unspecified atom stereocenters. The molecule has 0 aliphatic heterocycles. The monoisotopic (exact) mass is 416 g/mol. The van der Waals surface area contributed by atoms with E-state index in [0.29, 0.717) is 26.8 Å². The van der Waals surface area contributed by atoms with Crippen molar-refractivity contribution in [2.75, 3.05) is 4.72 Å². The lowest BCUT2D eigenvalue weighted by molar-refractivity contribution is -0.137. The van der Waals surface area contributed by atoms with Gasteiger partial charge in [-0.1, -0.05) is 11.2 Å². The van der Waals surface area contributed by atoms with Crippen LogP contribution in [0.3, 0.4) is 0 Å². The second-order valence-corrected chi connectivity index (χ2v) is 8.98. The minimum Gasteiger partial charge on any atom is -0.356 e. The summed E-state index contributed by atoms with van der Waals surface area (Å²) in [7, 11) is -4.15. The fraction of sp³-hybridized carbons (Fsp3) is 0.235. The molecule has 144 valence electrons. The summed E-state index contributed by atoms with van der Waals surface area (Å²) in [5, 5.41) is 3.78. The van der Waals surface area contributed by atoms with Crippen LogP contribution in [-0.4, -0.2) is 13.6 Å². The molecule has 3 aromatic rings. The molecule has 2 heterocycles. The molecule has 1 aromatic carbocycles. The topological polar surface area (TPSA) is 72.2 Å². The van der Waals surface area contributed by atoms with E-state index in [2.05, 4.69) is 9.88 Å². The van der Waals surface area contributed by atoms with E-state index in [0.717, 1.165) is 18.2 Å². The average Bonchev–Trinajstić information content (AvgIpc) is 3.09. The van der Waals surface area contributed by atoms with Crippen LogP contribution in [0.15, 0.2) is 39.8 Å². The zero-order valence-corrected chi connectivity index (χ0v) is 16.1. The van der Waals surface area contributed by atoms with Gasteiger partial charge >= 0.3 is 6.18 Å². The first kappa shape index (κ1) is 19.4. The zero-order chi connectivity index (χ0) is 20.0. The smallest absolute Gasteiger partial charge is 0.356 e. The van der Waals surface area contributed by atoms with Gasteiger partial charge in [0.15, 0.2) is 5.76 Å². The zero-order valence-electron chi connectivity index (χ0n) is 14.5. The maximum Gasteiger partial charge on any atom is 0.416 e. The fourth-order valence-corrected chi connectivity index (χ4v) is 5.64. The lowest BCUT2D eigenvalue weighted by Crippen LogP contribution is -2.15. The maximum atomic E-state index is 12.9. The van der Waals surface area contributed by atoms with E-state index in [-0.39, 0.29) is 10.6 Å². The Morgan fingerprint density at radius 1 is 1.11 bits per heavy atom. The Balaban J connectivity index is 2.07. The Morgan fingerprint density at radius 3 is 2.41 bits per heavy atom. The molecule has 0 spiro atoms. The lowest BCUT2D eigenvalue weighted by atomic mass is 10.2. The summed E-state index contributed by atoms with van der Waals surface area (Å²) in [6.45, 7) is 5.08. The largest absolute Gasteiger partial charge is 0.416 e. The third-order valence-electron chi connectivity index (χ3n) is 3.79. The van der Waals surface area contributed by atoms with Crippen LogP contribution in [0.25, 0.3) is 11.3 Å². The van der Waals surface area contributed by atoms with Crippen LogP contribution in [-0.2, 0) is 16.2 Å². The molecular weight excluding hydrogens is 401 g/mol. The van der Waals surface area contributed by atoms with Gasteiger partial charge in [-0.3, -0.25) is 4.72 Å².